The van der Waals surface area contributed by atoms with E-state index in [9.17, 15) is 0 Å². The first-order valence-electron chi connectivity index (χ1n) is 5.93. The Morgan fingerprint density at radius 1 is 1.41 bits per heavy atom. The lowest BCUT2D eigenvalue weighted by Gasteiger charge is -2.14. The molecular formula is C13H18N2O2. The van der Waals surface area contributed by atoms with Gasteiger partial charge in [-0.3, -0.25) is 0 Å². The quantitative estimate of drug-likeness (QED) is 0.869. The van der Waals surface area contributed by atoms with E-state index >= 15 is 0 Å². The fourth-order valence-electron chi connectivity index (χ4n) is 1.75. The number of hydrogen-bond acceptors (Lipinski definition) is 4. The van der Waals surface area contributed by atoms with E-state index in [1.54, 1.807) is 5.01 Å². The molecule has 0 fully saturated rings. The lowest BCUT2D eigenvalue weighted by Crippen LogP contribution is -2.12. The molecule has 4 heteroatoms. The molecule has 92 valence electrons. The molecule has 0 spiro atoms. The molecule has 1 N–H and O–H groups in total. The summed E-state index contributed by atoms with van der Waals surface area (Å²) in [5, 5.41) is 14.8. The van der Waals surface area contributed by atoms with Crippen LogP contribution < -0.4 is 5.01 Å². The molecule has 0 amide bonds. The van der Waals surface area contributed by atoms with Gasteiger partial charge in [-0.2, -0.15) is 0 Å². The Morgan fingerprint density at radius 3 is 2.65 bits per heavy atom. The zero-order valence-electron chi connectivity index (χ0n) is 10.3. The minimum atomic E-state index is -0.151. The molecule has 1 heterocycles. The molecule has 0 aromatic heterocycles. The maximum atomic E-state index is 8.90. The van der Waals surface area contributed by atoms with Crippen LogP contribution in [0.25, 0.3) is 0 Å². The van der Waals surface area contributed by atoms with E-state index in [1.165, 1.54) is 5.56 Å². The molecule has 0 saturated heterocycles. The Morgan fingerprint density at radius 2 is 2.12 bits per heavy atom. The van der Waals surface area contributed by atoms with Crippen molar-refractivity contribution >= 4 is 11.6 Å². The number of aliphatic hydroxyl groups excluding tert-OH is 1. The Labute approximate surface area is 102 Å². The molecule has 2 rings (SSSR count). The SMILES string of the molecule is CCC(C)c1ccc(N2COC(CO)=N2)cc1. The van der Waals surface area contributed by atoms with Crippen molar-refractivity contribution in [3.8, 4) is 0 Å². The van der Waals surface area contributed by atoms with Gasteiger partial charge in [0.2, 0.25) is 5.90 Å². The van der Waals surface area contributed by atoms with Crippen LogP contribution in [-0.4, -0.2) is 24.3 Å². The van der Waals surface area contributed by atoms with Crippen molar-refractivity contribution in [3.05, 3.63) is 29.8 Å². The summed E-state index contributed by atoms with van der Waals surface area (Å²) in [7, 11) is 0. The molecule has 0 aliphatic carbocycles. The van der Waals surface area contributed by atoms with Crippen LogP contribution >= 0.6 is 0 Å². The summed E-state index contributed by atoms with van der Waals surface area (Å²) in [6.07, 6.45) is 1.14. The van der Waals surface area contributed by atoms with Gasteiger partial charge in [-0.15, -0.1) is 5.10 Å². The number of anilines is 1. The van der Waals surface area contributed by atoms with E-state index < -0.39 is 0 Å². The highest BCUT2D eigenvalue weighted by molar-refractivity contribution is 5.80. The second-order valence-corrected chi connectivity index (χ2v) is 4.23. The van der Waals surface area contributed by atoms with Crippen molar-refractivity contribution in [1.82, 2.24) is 0 Å². The third kappa shape index (κ3) is 2.58. The van der Waals surface area contributed by atoms with E-state index in [0.717, 1.165) is 12.1 Å². The largest absolute Gasteiger partial charge is 0.455 e. The second kappa shape index (κ2) is 5.19. The fraction of sp³-hybridized carbons (Fsp3) is 0.462. The Bertz CT molecular complexity index is 400. The van der Waals surface area contributed by atoms with Crippen molar-refractivity contribution in [2.75, 3.05) is 18.3 Å². The zero-order chi connectivity index (χ0) is 12.3. The lowest BCUT2D eigenvalue weighted by atomic mass is 9.99. The van der Waals surface area contributed by atoms with Crippen LogP contribution in [0.15, 0.2) is 29.4 Å². The molecule has 1 aromatic rings. The van der Waals surface area contributed by atoms with Crippen molar-refractivity contribution in [2.45, 2.75) is 26.2 Å². The van der Waals surface area contributed by atoms with E-state index in [0.29, 0.717) is 18.5 Å². The smallest absolute Gasteiger partial charge is 0.234 e. The number of nitrogens with zero attached hydrogens (tertiary/aromatic N) is 2. The number of aliphatic hydroxyl groups is 1. The Kier molecular flexibility index (Phi) is 3.64. The number of rotatable bonds is 4. The molecule has 0 bridgehead atoms. The van der Waals surface area contributed by atoms with Gasteiger partial charge < -0.3 is 9.84 Å². The molecule has 0 radical (unpaired) electrons. The highest BCUT2D eigenvalue weighted by Gasteiger charge is 2.16. The number of hydrazone groups is 1. The van der Waals surface area contributed by atoms with Crippen LogP contribution in [0.4, 0.5) is 5.69 Å². The molecule has 1 aromatic carbocycles. The second-order valence-electron chi connectivity index (χ2n) is 4.23. The summed E-state index contributed by atoms with van der Waals surface area (Å²) >= 11 is 0. The molecular weight excluding hydrogens is 216 g/mol. The van der Waals surface area contributed by atoms with Gasteiger partial charge in [-0.1, -0.05) is 26.0 Å². The van der Waals surface area contributed by atoms with Crippen LogP contribution in [0.1, 0.15) is 31.7 Å². The lowest BCUT2D eigenvalue weighted by molar-refractivity contribution is 0.278. The maximum Gasteiger partial charge on any atom is 0.234 e. The van der Waals surface area contributed by atoms with Crippen LogP contribution in [0.3, 0.4) is 0 Å². The van der Waals surface area contributed by atoms with Gasteiger partial charge in [-0.05, 0) is 30.0 Å². The van der Waals surface area contributed by atoms with Crippen molar-refractivity contribution < 1.29 is 9.84 Å². The highest BCUT2D eigenvalue weighted by Crippen LogP contribution is 2.23. The summed E-state index contributed by atoms with van der Waals surface area (Å²) in [6.45, 7) is 4.63. The van der Waals surface area contributed by atoms with E-state index in [-0.39, 0.29) is 6.61 Å². The Balaban J connectivity index is 2.11. The van der Waals surface area contributed by atoms with Crippen LogP contribution in [0.2, 0.25) is 0 Å². The van der Waals surface area contributed by atoms with Gasteiger partial charge in [0.1, 0.15) is 6.61 Å². The molecule has 1 unspecified atom stereocenters. The van der Waals surface area contributed by atoms with Gasteiger partial charge >= 0.3 is 0 Å². The van der Waals surface area contributed by atoms with E-state index in [4.69, 9.17) is 9.84 Å². The summed E-state index contributed by atoms with van der Waals surface area (Å²) in [5.74, 6) is 0.950. The third-order valence-electron chi connectivity index (χ3n) is 3.09. The molecule has 1 aliphatic heterocycles. The standard InChI is InChI=1S/C13H18N2O2/c1-3-10(2)11-4-6-12(7-5-11)15-9-17-13(8-16)14-15/h4-7,10,16H,3,8-9H2,1-2H3. The van der Waals surface area contributed by atoms with Gasteiger partial charge in [-0.25, -0.2) is 5.01 Å². The number of ether oxygens (including phenoxy) is 1. The van der Waals surface area contributed by atoms with Crippen molar-refractivity contribution in [3.63, 3.8) is 0 Å². The van der Waals surface area contributed by atoms with E-state index in [2.05, 4.69) is 31.1 Å². The average molecular weight is 234 g/mol. The predicted octanol–water partition coefficient (Wildman–Crippen LogP) is 2.30. The minimum Gasteiger partial charge on any atom is -0.455 e. The van der Waals surface area contributed by atoms with Gasteiger partial charge in [0, 0.05) is 0 Å². The van der Waals surface area contributed by atoms with E-state index in [1.807, 2.05) is 12.1 Å². The normalized spacial score (nSPS) is 16.6. The monoisotopic (exact) mass is 234 g/mol. The van der Waals surface area contributed by atoms with Gasteiger partial charge in [0.15, 0.2) is 6.73 Å². The van der Waals surface area contributed by atoms with Gasteiger partial charge in [0.05, 0.1) is 5.69 Å². The first-order chi connectivity index (χ1) is 8.24. The fourth-order valence-corrected chi connectivity index (χ4v) is 1.75. The summed E-state index contributed by atoms with van der Waals surface area (Å²) in [6, 6.07) is 8.31. The Hall–Kier alpha value is -1.55. The van der Waals surface area contributed by atoms with Crippen LogP contribution in [0.5, 0.6) is 0 Å². The zero-order valence-corrected chi connectivity index (χ0v) is 10.3. The minimum absolute atomic E-state index is 0.151. The predicted molar refractivity (Wildman–Crippen MR) is 68.1 cm³/mol. The highest BCUT2D eigenvalue weighted by atomic mass is 16.5. The van der Waals surface area contributed by atoms with Crippen molar-refractivity contribution in [2.24, 2.45) is 5.10 Å². The molecule has 1 atom stereocenters. The molecule has 4 nitrogen and oxygen atoms in total. The summed E-state index contributed by atoms with van der Waals surface area (Å²) < 4.78 is 5.19. The topological polar surface area (TPSA) is 45.1 Å². The number of hydrogen-bond donors (Lipinski definition) is 1. The average Bonchev–Trinajstić information content (AvgIpc) is 2.87. The first-order valence-corrected chi connectivity index (χ1v) is 5.93. The molecule has 17 heavy (non-hydrogen) atoms. The summed E-state index contributed by atoms with van der Waals surface area (Å²) in [4.78, 5) is 0. The first kappa shape index (κ1) is 11.9. The molecule has 1 aliphatic rings. The molecule has 0 saturated carbocycles. The summed E-state index contributed by atoms with van der Waals surface area (Å²) in [5.41, 5.74) is 2.32. The van der Waals surface area contributed by atoms with Gasteiger partial charge in [0.25, 0.3) is 0 Å². The van der Waals surface area contributed by atoms with Crippen molar-refractivity contribution in [1.29, 1.82) is 0 Å². The maximum absolute atomic E-state index is 8.90. The van der Waals surface area contributed by atoms with Crippen LogP contribution in [0, 0.1) is 0 Å². The van der Waals surface area contributed by atoms with Crippen LogP contribution in [-0.2, 0) is 4.74 Å². The third-order valence-corrected chi connectivity index (χ3v) is 3.09. The number of benzene rings is 1.